The van der Waals surface area contributed by atoms with E-state index in [4.69, 9.17) is 28.5 Å². The van der Waals surface area contributed by atoms with Crippen LogP contribution >= 0.6 is 11.6 Å². The Morgan fingerprint density at radius 1 is 0.979 bits per heavy atom. The number of halogens is 1. The molecule has 4 aliphatic rings. The van der Waals surface area contributed by atoms with Gasteiger partial charge < -0.3 is 35.4 Å². The number of amides is 4. The van der Waals surface area contributed by atoms with E-state index in [0.717, 1.165) is 43.6 Å². The second-order valence-electron chi connectivity index (χ2n) is 13.8. The number of terminal acetylenes is 1. The molecule has 0 aromatic heterocycles. The minimum atomic E-state index is -1.03. The number of hydrogen-bond donors (Lipinski definition) is 2. The lowest BCUT2D eigenvalue weighted by molar-refractivity contribution is -0.142. The first-order chi connectivity index (χ1) is 23.2. The highest BCUT2D eigenvalue weighted by molar-refractivity contribution is 6.33. The van der Waals surface area contributed by atoms with Crippen LogP contribution in [-0.4, -0.2) is 103 Å². The summed E-state index contributed by atoms with van der Waals surface area (Å²) in [5, 5.41) is 3.35. The van der Waals surface area contributed by atoms with Crippen LogP contribution in [0.5, 0.6) is 0 Å². The SMILES string of the molecule is C#Cc1cc(C[C@@H](OC(=O)N2CCC(N3CCc4ccccc4NC3=O)CC2)C(=O)N2CCC(C3CCN(C)CC3)CC2)cc(Cl)c1N. The summed E-state index contributed by atoms with van der Waals surface area (Å²) in [6.45, 7) is 5.03. The molecule has 2 aromatic carbocycles. The van der Waals surface area contributed by atoms with E-state index in [1.165, 1.54) is 12.8 Å². The molecule has 0 radical (unpaired) electrons. The van der Waals surface area contributed by atoms with E-state index < -0.39 is 12.2 Å². The van der Waals surface area contributed by atoms with Gasteiger partial charge in [0, 0.05) is 56.4 Å². The molecule has 48 heavy (non-hydrogen) atoms. The molecular formula is C37H47ClN6O4. The number of benzene rings is 2. The van der Waals surface area contributed by atoms with Gasteiger partial charge in [-0.15, -0.1) is 6.42 Å². The molecule has 0 aliphatic carbocycles. The van der Waals surface area contributed by atoms with E-state index in [1.807, 2.05) is 34.1 Å². The minimum absolute atomic E-state index is 0.00533. The Labute approximate surface area is 288 Å². The number of nitrogens with two attached hydrogens (primary N) is 1. The zero-order valence-electron chi connectivity index (χ0n) is 27.8. The lowest BCUT2D eigenvalue weighted by atomic mass is 9.79. The summed E-state index contributed by atoms with van der Waals surface area (Å²) in [5.41, 5.74) is 9.46. The first-order valence-electron chi connectivity index (χ1n) is 17.3. The number of urea groups is 1. The quantitative estimate of drug-likeness (QED) is 0.327. The first kappa shape index (κ1) is 33.9. The highest BCUT2D eigenvalue weighted by atomic mass is 35.5. The molecule has 0 unspecified atom stereocenters. The first-order valence-corrected chi connectivity index (χ1v) is 17.7. The molecule has 4 aliphatic heterocycles. The van der Waals surface area contributed by atoms with Crippen LogP contribution in [0.2, 0.25) is 5.02 Å². The number of piperidine rings is 3. The number of hydrogen-bond acceptors (Lipinski definition) is 6. The van der Waals surface area contributed by atoms with E-state index in [-0.39, 0.29) is 24.4 Å². The van der Waals surface area contributed by atoms with Crippen molar-refractivity contribution >= 4 is 41.0 Å². The van der Waals surface area contributed by atoms with Gasteiger partial charge in [0.05, 0.1) is 10.7 Å². The highest BCUT2D eigenvalue weighted by Gasteiger charge is 2.37. The molecular weight excluding hydrogens is 628 g/mol. The second-order valence-corrected chi connectivity index (χ2v) is 14.2. The number of ether oxygens (including phenoxy) is 1. The molecule has 0 bridgehead atoms. The number of carbonyl (C=O) groups excluding carboxylic acids is 3. The second kappa shape index (κ2) is 15.1. The van der Waals surface area contributed by atoms with Crippen LogP contribution in [0.4, 0.5) is 21.0 Å². The summed E-state index contributed by atoms with van der Waals surface area (Å²) in [6, 6.07) is 11.2. The van der Waals surface area contributed by atoms with Crippen LogP contribution in [0.1, 0.15) is 55.2 Å². The van der Waals surface area contributed by atoms with Crippen LogP contribution in [0.15, 0.2) is 36.4 Å². The molecule has 4 amide bonds. The van der Waals surface area contributed by atoms with Gasteiger partial charge >= 0.3 is 12.1 Å². The molecule has 256 valence electrons. The number of carbonyl (C=O) groups is 3. The smallest absolute Gasteiger partial charge is 0.410 e. The number of nitrogens with zero attached hydrogens (tertiary/aromatic N) is 4. The summed E-state index contributed by atoms with van der Waals surface area (Å²) in [4.78, 5) is 48.5. The van der Waals surface area contributed by atoms with E-state index in [2.05, 4.69) is 23.2 Å². The highest BCUT2D eigenvalue weighted by Crippen LogP contribution is 2.33. The third-order valence-corrected chi connectivity index (χ3v) is 11.2. The van der Waals surface area contributed by atoms with Gasteiger partial charge in [-0.3, -0.25) is 4.79 Å². The largest absolute Gasteiger partial charge is 0.436 e. The molecule has 10 nitrogen and oxygen atoms in total. The van der Waals surface area contributed by atoms with Crippen molar-refractivity contribution in [3.05, 3.63) is 58.1 Å². The average molecular weight is 675 g/mol. The summed E-state index contributed by atoms with van der Waals surface area (Å²) in [5.74, 6) is 3.67. The Hall–Kier alpha value is -3.94. The maximum atomic E-state index is 14.0. The maximum Gasteiger partial charge on any atom is 0.410 e. The molecule has 1 atom stereocenters. The van der Waals surface area contributed by atoms with E-state index in [1.54, 1.807) is 17.0 Å². The van der Waals surface area contributed by atoms with Gasteiger partial charge in [-0.25, -0.2) is 9.59 Å². The number of nitrogens with one attached hydrogen (secondary N) is 1. The van der Waals surface area contributed by atoms with E-state index in [0.29, 0.717) is 79.2 Å². The molecule has 11 heteroatoms. The Bertz CT molecular complexity index is 1540. The van der Waals surface area contributed by atoms with Gasteiger partial charge in [0.2, 0.25) is 0 Å². The van der Waals surface area contributed by atoms with Crippen molar-refractivity contribution in [1.82, 2.24) is 19.6 Å². The van der Waals surface area contributed by atoms with Crippen LogP contribution in [-0.2, 0) is 22.4 Å². The summed E-state index contributed by atoms with van der Waals surface area (Å²) in [7, 11) is 2.18. The van der Waals surface area contributed by atoms with Gasteiger partial charge in [-0.2, -0.15) is 0 Å². The monoisotopic (exact) mass is 674 g/mol. The fourth-order valence-corrected chi connectivity index (χ4v) is 8.14. The number of para-hydroxylation sites is 1. The summed E-state index contributed by atoms with van der Waals surface area (Å²) < 4.78 is 6.04. The number of likely N-dealkylation sites (tertiary alicyclic amines) is 3. The van der Waals surface area contributed by atoms with Gasteiger partial charge in [0.1, 0.15) is 0 Å². The number of fused-ring (bicyclic) bond motifs is 1. The zero-order chi connectivity index (χ0) is 33.8. The van der Waals surface area contributed by atoms with Crippen molar-refractivity contribution in [2.75, 3.05) is 63.9 Å². The maximum absolute atomic E-state index is 14.0. The van der Waals surface area contributed by atoms with Gasteiger partial charge in [-0.1, -0.05) is 35.7 Å². The fourth-order valence-electron chi connectivity index (χ4n) is 7.89. The Morgan fingerprint density at radius 2 is 1.62 bits per heavy atom. The van der Waals surface area contributed by atoms with E-state index >= 15 is 0 Å². The van der Waals surface area contributed by atoms with Crippen LogP contribution in [0.25, 0.3) is 0 Å². The lowest BCUT2D eigenvalue weighted by Gasteiger charge is -2.40. The molecule has 3 fully saturated rings. The van der Waals surface area contributed by atoms with Gasteiger partial charge in [-0.05, 0) is 106 Å². The third kappa shape index (κ3) is 7.68. The molecule has 0 spiro atoms. The lowest BCUT2D eigenvalue weighted by Crippen LogP contribution is -2.52. The van der Waals surface area contributed by atoms with E-state index in [9.17, 15) is 14.4 Å². The minimum Gasteiger partial charge on any atom is -0.436 e. The fraction of sp³-hybridized carbons (Fsp3) is 0.541. The molecule has 6 rings (SSSR count). The molecule has 3 N–H and O–H groups in total. The van der Waals surface area contributed by atoms with Crippen LogP contribution in [0, 0.1) is 24.2 Å². The standard InChI is InChI=1S/C37H47ClN6O4/c1-3-26-22-25(23-31(38)34(26)39)24-33(35(45)42-17-10-28(11-18-42)27-8-15-41(2)16-9-27)48-37(47)43-19-13-30(14-20-43)44-21-12-29-6-4-5-7-32(29)40-36(44)46/h1,4-7,22-23,27-28,30,33H,8-21,24,39H2,2H3,(H,40,46)/t33-/m1/s1. The molecule has 4 heterocycles. The predicted molar refractivity (Wildman–Crippen MR) is 188 cm³/mol. The van der Waals surface area contributed by atoms with Crippen molar-refractivity contribution in [1.29, 1.82) is 0 Å². The number of anilines is 2. The number of rotatable bonds is 6. The van der Waals surface area contributed by atoms with Gasteiger partial charge in [0.15, 0.2) is 6.10 Å². The van der Waals surface area contributed by atoms with Crippen molar-refractivity contribution < 1.29 is 19.1 Å². The number of nitrogen functional groups attached to an aromatic ring is 1. The van der Waals surface area contributed by atoms with Crippen molar-refractivity contribution in [3.8, 4) is 12.3 Å². The Morgan fingerprint density at radius 3 is 2.31 bits per heavy atom. The molecule has 2 aromatic rings. The molecule has 0 saturated carbocycles. The average Bonchev–Trinajstić information content (AvgIpc) is 3.27. The summed E-state index contributed by atoms with van der Waals surface area (Å²) in [6.07, 6.45) is 10.6. The van der Waals surface area contributed by atoms with Crippen molar-refractivity contribution in [2.24, 2.45) is 11.8 Å². The Balaban J connectivity index is 1.10. The Kier molecular flexibility index (Phi) is 10.7. The normalized spacial score (nSPS) is 20.8. The van der Waals surface area contributed by atoms with Crippen LogP contribution < -0.4 is 11.1 Å². The predicted octanol–water partition coefficient (Wildman–Crippen LogP) is 5.09. The molecule has 3 saturated heterocycles. The summed E-state index contributed by atoms with van der Waals surface area (Å²) >= 11 is 6.39. The zero-order valence-corrected chi connectivity index (χ0v) is 28.6. The third-order valence-electron chi connectivity index (χ3n) is 10.9. The van der Waals surface area contributed by atoms with Crippen molar-refractivity contribution in [3.63, 3.8) is 0 Å². The van der Waals surface area contributed by atoms with Gasteiger partial charge in [0.25, 0.3) is 5.91 Å². The van der Waals surface area contributed by atoms with Crippen molar-refractivity contribution in [2.45, 2.75) is 63.5 Å². The van der Waals surface area contributed by atoms with Crippen LogP contribution in [0.3, 0.4) is 0 Å². The topological polar surface area (TPSA) is 111 Å².